The molecule has 2 rings (SSSR count). The van der Waals surface area contributed by atoms with Crippen LogP contribution in [0.3, 0.4) is 0 Å². The summed E-state index contributed by atoms with van der Waals surface area (Å²) in [5, 5.41) is 10.3. The number of nitrogens with one attached hydrogen (secondary N) is 2. The van der Waals surface area contributed by atoms with E-state index in [-0.39, 0.29) is 11.2 Å². The Labute approximate surface area is 128 Å². The van der Waals surface area contributed by atoms with Gasteiger partial charge in [-0.1, -0.05) is 48.5 Å². The number of H-pyrrole nitrogens is 1. The Morgan fingerprint density at radius 3 is 2.71 bits per heavy atom. The number of hydrogen-bond acceptors (Lipinski definition) is 4. The number of nitrogens with zero attached hydrogens (tertiary/aromatic N) is 2. The van der Waals surface area contributed by atoms with Crippen LogP contribution in [0, 0.1) is 6.92 Å². The zero-order valence-electron chi connectivity index (χ0n) is 12.5. The monoisotopic (exact) mass is 304 g/mol. The highest BCUT2D eigenvalue weighted by atomic mass is 32.2. The largest absolute Gasteiger partial charge is 0.351 e. The number of thioether (sulfide) groups is 1. The first-order valence-electron chi connectivity index (χ1n) is 6.99. The molecule has 0 aliphatic rings. The molecule has 0 aliphatic carbocycles. The van der Waals surface area contributed by atoms with Gasteiger partial charge in [0, 0.05) is 13.0 Å². The molecule has 2 aromatic rings. The normalized spacial score (nSPS) is 12.1. The van der Waals surface area contributed by atoms with Crippen LogP contribution in [0.1, 0.15) is 30.8 Å². The fourth-order valence-corrected chi connectivity index (χ4v) is 2.51. The van der Waals surface area contributed by atoms with Crippen LogP contribution in [0.2, 0.25) is 0 Å². The molecule has 21 heavy (non-hydrogen) atoms. The second-order valence-corrected chi connectivity index (χ2v) is 6.19. The Bertz CT molecular complexity index is 594. The van der Waals surface area contributed by atoms with Gasteiger partial charge in [0.25, 0.3) is 0 Å². The molecule has 0 spiro atoms. The molecule has 1 atom stereocenters. The summed E-state index contributed by atoms with van der Waals surface area (Å²) in [7, 11) is 0. The van der Waals surface area contributed by atoms with Gasteiger partial charge >= 0.3 is 0 Å². The number of rotatable bonds is 6. The van der Waals surface area contributed by atoms with Crippen LogP contribution in [0.15, 0.2) is 29.4 Å². The Morgan fingerprint density at radius 1 is 1.38 bits per heavy atom. The fraction of sp³-hybridized carbons (Fsp3) is 0.400. The summed E-state index contributed by atoms with van der Waals surface area (Å²) in [4.78, 5) is 16.4. The van der Waals surface area contributed by atoms with Crippen LogP contribution < -0.4 is 5.32 Å². The Hall–Kier alpha value is -1.82. The number of carbonyl (C=O) groups excluding carboxylic acids is 1. The van der Waals surface area contributed by atoms with E-state index < -0.39 is 0 Å². The molecule has 112 valence electrons. The van der Waals surface area contributed by atoms with Crippen LogP contribution >= 0.6 is 11.8 Å². The van der Waals surface area contributed by atoms with E-state index in [0.717, 1.165) is 17.8 Å². The summed E-state index contributed by atoms with van der Waals surface area (Å²) >= 11 is 1.36. The third kappa shape index (κ3) is 4.60. The number of benzene rings is 1. The second kappa shape index (κ2) is 7.26. The number of aryl methyl sites for hydroxylation is 2. The average Bonchev–Trinajstić information content (AvgIpc) is 2.94. The minimum atomic E-state index is -0.226. The van der Waals surface area contributed by atoms with Crippen LogP contribution in [-0.2, 0) is 17.8 Å². The van der Waals surface area contributed by atoms with Crippen LogP contribution in [0.25, 0.3) is 0 Å². The van der Waals surface area contributed by atoms with E-state index in [2.05, 4.69) is 20.5 Å². The van der Waals surface area contributed by atoms with E-state index in [1.54, 1.807) is 0 Å². The van der Waals surface area contributed by atoms with E-state index in [1.807, 2.05) is 45.0 Å². The molecule has 5 nitrogen and oxygen atoms in total. The van der Waals surface area contributed by atoms with Crippen molar-refractivity contribution in [2.24, 2.45) is 0 Å². The van der Waals surface area contributed by atoms with Gasteiger partial charge in [-0.15, -0.1) is 5.10 Å². The van der Waals surface area contributed by atoms with Crippen LogP contribution in [0.5, 0.6) is 0 Å². The molecule has 1 aromatic carbocycles. The summed E-state index contributed by atoms with van der Waals surface area (Å²) in [6.07, 6.45) is 0.807. The molecular weight excluding hydrogens is 284 g/mol. The number of aromatic nitrogens is 3. The van der Waals surface area contributed by atoms with Crippen molar-refractivity contribution in [3.63, 3.8) is 0 Å². The SMILES string of the molecule is CCc1nc(SC(C)C(=O)NCc2ccc(C)cc2)n[nH]1. The molecule has 0 bridgehead atoms. The zero-order valence-corrected chi connectivity index (χ0v) is 13.3. The van der Waals surface area contributed by atoms with Crippen molar-refractivity contribution in [3.05, 3.63) is 41.2 Å². The smallest absolute Gasteiger partial charge is 0.233 e. The van der Waals surface area contributed by atoms with Crippen molar-refractivity contribution in [1.82, 2.24) is 20.5 Å². The molecule has 1 amide bonds. The average molecular weight is 304 g/mol. The van der Waals surface area contributed by atoms with Gasteiger partial charge in [-0.25, -0.2) is 4.98 Å². The van der Waals surface area contributed by atoms with Crippen molar-refractivity contribution >= 4 is 17.7 Å². The molecule has 1 heterocycles. The maximum Gasteiger partial charge on any atom is 0.233 e. The lowest BCUT2D eigenvalue weighted by Gasteiger charge is -2.10. The van der Waals surface area contributed by atoms with Crippen molar-refractivity contribution < 1.29 is 4.79 Å². The number of amides is 1. The molecule has 0 fully saturated rings. The summed E-state index contributed by atoms with van der Waals surface area (Å²) in [6, 6.07) is 8.13. The van der Waals surface area contributed by atoms with E-state index in [4.69, 9.17) is 0 Å². The van der Waals surface area contributed by atoms with Gasteiger partial charge in [-0.3, -0.25) is 9.89 Å². The minimum absolute atomic E-state index is 0.0107. The van der Waals surface area contributed by atoms with E-state index in [1.165, 1.54) is 17.3 Å². The van der Waals surface area contributed by atoms with E-state index in [9.17, 15) is 4.79 Å². The third-order valence-corrected chi connectivity index (χ3v) is 4.05. The van der Waals surface area contributed by atoms with Crippen molar-refractivity contribution in [2.45, 2.75) is 44.1 Å². The predicted molar refractivity (Wildman–Crippen MR) is 84.1 cm³/mol. The summed E-state index contributed by atoms with van der Waals surface area (Å²) < 4.78 is 0. The zero-order chi connectivity index (χ0) is 15.2. The molecule has 0 saturated heterocycles. The number of hydrogen-bond donors (Lipinski definition) is 2. The number of aromatic amines is 1. The second-order valence-electron chi connectivity index (χ2n) is 4.88. The van der Waals surface area contributed by atoms with Gasteiger partial charge in [0.2, 0.25) is 11.1 Å². The summed E-state index contributed by atoms with van der Waals surface area (Å²) in [5.41, 5.74) is 2.31. The Kier molecular flexibility index (Phi) is 5.38. The number of carbonyl (C=O) groups is 1. The molecule has 0 radical (unpaired) electrons. The molecule has 1 aromatic heterocycles. The van der Waals surface area contributed by atoms with Crippen LogP contribution in [0.4, 0.5) is 0 Å². The Balaban J connectivity index is 1.83. The third-order valence-electron chi connectivity index (χ3n) is 3.08. The maximum atomic E-state index is 12.1. The van der Waals surface area contributed by atoms with E-state index >= 15 is 0 Å². The van der Waals surface area contributed by atoms with Gasteiger partial charge in [-0.2, -0.15) is 0 Å². The molecule has 6 heteroatoms. The first kappa shape index (κ1) is 15.6. The summed E-state index contributed by atoms with van der Waals surface area (Å²) in [6.45, 7) is 6.45. The highest BCUT2D eigenvalue weighted by Gasteiger charge is 2.16. The predicted octanol–water partition coefficient (Wildman–Crippen LogP) is 2.47. The van der Waals surface area contributed by atoms with Gasteiger partial charge < -0.3 is 5.32 Å². The molecular formula is C15H20N4OS. The van der Waals surface area contributed by atoms with E-state index in [0.29, 0.717) is 11.7 Å². The lowest BCUT2D eigenvalue weighted by Crippen LogP contribution is -2.30. The lowest BCUT2D eigenvalue weighted by molar-refractivity contribution is -0.120. The maximum absolute atomic E-state index is 12.1. The van der Waals surface area contributed by atoms with Crippen molar-refractivity contribution in [3.8, 4) is 0 Å². The lowest BCUT2D eigenvalue weighted by atomic mass is 10.1. The van der Waals surface area contributed by atoms with Gasteiger partial charge in [0.05, 0.1) is 5.25 Å². The van der Waals surface area contributed by atoms with Crippen molar-refractivity contribution in [2.75, 3.05) is 0 Å². The van der Waals surface area contributed by atoms with Gasteiger partial charge in [0.1, 0.15) is 5.82 Å². The molecule has 0 aliphatic heterocycles. The molecule has 2 N–H and O–H groups in total. The van der Waals surface area contributed by atoms with Gasteiger partial charge in [0.15, 0.2) is 0 Å². The molecule has 1 unspecified atom stereocenters. The highest BCUT2D eigenvalue weighted by molar-refractivity contribution is 8.00. The standard InChI is InChI=1S/C15H20N4OS/c1-4-13-17-15(19-18-13)21-11(3)14(20)16-9-12-7-5-10(2)6-8-12/h5-8,11H,4,9H2,1-3H3,(H,16,20)(H,17,18,19). The summed E-state index contributed by atoms with van der Waals surface area (Å²) in [5.74, 6) is 0.827. The highest BCUT2D eigenvalue weighted by Crippen LogP contribution is 2.19. The van der Waals surface area contributed by atoms with Crippen molar-refractivity contribution in [1.29, 1.82) is 0 Å². The minimum Gasteiger partial charge on any atom is -0.351 e. The van der Waals surface area contributed by atoms with Crippen LogP contribution in [-0.4, -0.2) is 26.3 Å². The Morgan fingerprint density at radius 2 is 2.10 bits per heavy atom. The first-order valence-corrected chi connectivity index (χ1v) is 7.87. The fourth-order valence-electron chi connectivity index (χ4n) is 1.74. The topological polar surface area (TPSA) is 70.7 Å². The first-order chi connectivity index (χ1) is 10.1. The quantitative estimate of drug-likeness (QED) is 0.804. The molecule has 0 saturated carbocycles. The van der Waals surface area contributed by atoms with Gasteiger partial charge in [-0.05, 0) is 19.4 Å².